The summed E-state index contributed by atoms with van der Waals surface area (Å²) in [7, 11) is 1.62. The van der Waals surface area contributed by atoms with Crippen LogP contribution in [-0.2, 0) is 9.47 Å². The van der Waals surface area contributed by atoms with E-state index in [1.54, 1.807) is 19.2 Å². The van der Waals surface area contributed by atoms with E-state index < -0.39 is 6.10 Å². The van der Waals surface area contributed by atoms with Crippen LogP contribution in [0.15, 0.2) is 23.1 Å². The van der Waals surface area contributed by atoms with E-state index in [1.807, 2.05) is 13.0 Å². The van der Waals surface area contributed by atoms with Crippen molar-refractivity contribution in [2.24, 2.45) is 0 Å². The van der Waals surface area contributed by atoms with Crippen molar-refractivity contribution < 1.29 is 14.6 Å². The van der Waals surface area contributed by atoms with Gasteiger partial charge in [0.2, 0.25) is 0 Å². The molecule has 0 saturated heterocycles. The maximum atomic E-state index is 9.82. The smallest absolute Gasteiger partial charge is 0.0867 e. The Kier molecular flexibility index (Phi) is 7.56. The first-order valence-electron chi connectivity index (χ1n) is 5.99. The van der Waals surface area contributed by atoms with Gasteiger partial charge in [-0.05, 0) is 25.1 Å². The van der Waals surface area contributed by atoms with Crippen molar-refractivity contribution in [2.45, 2.75) is 24.0 Å². The molecule has 2 unspecified atom stereocenters. The summed E-state index contributed by atoms with van der Waals surface area (Å²) < 4.78 is 10.4. The third-order valence-corrected chi connectivity index (χ3v) is 3.85. The number of nitrogen functional groups attached to an aromatic ring is 1. The molecular weight excluding hydrogens is 286 g/mol. The molecule has 0 spiro atoms. The van der Waals surface area contributed by atoms with Gasteiger partial charge in [-0.15, -0.1) is 11.8 Å². The molecule has 0 aliphatic carbocycles. The molecule has 0 fully saturated rings. The highest BCUT2D eigenvalue weighted by molar-refractivity contribution is 7.99. The lowest BCUT2D eigenvalue weighted by molar-refractivity contribution is -0.0257. The number of aliphatic hydroxyl groups is 1. The molecule has 2 atom stereocenters. The van der Waals surface area contributed by atoms with Crippen LogP contribution < -0.4 is 5.73 Å². The lowest BCUT2D eigenvalue weighted by Crippen LogP contribution is -2.24. The van der Waals surface area contributed by atoms with Crippen molar-refractivity contribution in [1.82, 2.24) is 0 Å². The molecule has 3 N–H and O–H groups in total. The van der Waals surface area contributed by atoms with Gasteiger partial charge in [0, 0.05) is 28.5 Å². The van der Waals surface area contributed by atoms with Crippen LogP contribution in [0.3, 0.4) is 0 Å². The number of halogens is 1. The average molecular weight is 306 g/mol. The number of thioether (sulfide) groups is 1. The quantitative estimate of drug-likeness (QED) is 0.570. The molecule has 1 aromatic carbocycles. The highest BCUT2D eigenvalue weighted by Gasteiger charge is 2.10. The van der Waals surface area contributed by atoms with Crippen molar-refractivity contribution in [3.05, 3.63) is 23.2 Å². The van der Waals surface area contributed by atoms with E-state index >= 15 is 0 Å². The molecule has 0 aromatic heterocycles. The van der Waals surface area contributed by atoms with Crippen molar-refractivity contribution in [3.63, 3.8) is 0 Å². The first kappa shape index (κ1) is 16.6. The Morgan fingerprint density at radius 3 is 2.79 bits per heavy atom. The van der Waals surface area contributed by atoms with Gasteiger partial charge < -0.3 is 20.3 Å². The van der Waals surface area contributed by atoms with Gasteiger partial charge in [0.15, 0.2) is 0 Å². The number of methoxy groups -OCH3 is 1. The van der Waals surface area contributed by atoms with Crippen molar-refractivity contribution in [2.75, 3.05) is 31.8 Å². The topological polar surface area (TPSA) is 64.7 Å². The van der Waals surface area contributed by atoms with E-state index in [-0.39, 0.29) is 12.7 Å². The molecule has 0 saturated carbocycles. The SMILES string of the molecule is COCC(C)OCC(O)CSc1ccc(Cl)cc1N. The molecule has 0 amide bonds. The second kappa shape index (κ2) is 8.66. The molecule has 0 aliphatic rings. The molecule has 6 heteroatoms. The van der Waals surface area contributed by atoms with Crippen LogP contribution in [-0.4, -0.2) is 43.4 Å². The Morgan fingerprint density at radius 2 is 2.16 bits per heavy atom. The second-order valence-corrected chi connectivity index (χ2v) is 5.74. The van der Waals surface area contributed by atoms with Crippen LogP contribution >= 0.6 is 23.4 Å². The van der Waals surface area contributed by atoms with Gasteiger partial charge in [0.1, 0.15) is 0 Å². The Bertz CT molecular complexity index is 392. The molecule has 0 radical (unpaired) electrons. The standard InChI is InChI=1S/C13H20ClNO3S/c1-9(6-17-2)18-7-11(16)8-19-13-4-3-10(14)5-12(13)15/h3-5,9,11,16H,6-8,15H2,1-2H3. The summed E-state index contributed by atoms with van der Waals surface area (Å²) >= 11 is 7.31. The van der Waals surface area contributed by atoms with E-state index in [0.29, 0.717) is 23.1 Å². The van der Waals surface area contributed by atoms with Gasteiger partial charge in [-0.1, -0.05) is 11.6 Å². The third kappa shape index (κ3) is 6.49. The fraction of sp³-hybridized carbons (Fsp3) is 0.538. The van der Waals surface area contributed by atoms with E-state index in [1.165, 1.54) is 11.8 Å². The van der Waals surface area contributed by atoms with Crippen LogP contribution in [0.4, 0.5) is 5.69 Å². The highest BCUT2D eigenvalue weighted by atomic mass is 35.5. The van der Waals surface area contributed by atoms with Crippen molar-refractivity contribution in [3.8, 4) is 0 Å². The molecule has 0 aliphatic heterocycles. The zero-order chi connectivity index (χ0) is 14.3. The summed E-state index contributed by atoms with van der Waals surface area (Å²) in [5.74, 6) is 0.519. The Hall–Kier alpha value is -0.460. The number of aliphatic hydroxyl groups excluding tert-OH is 1. The van der Waals surface area contributed by atoms with Gasteiger partial charge in [-0.25, -0.2) is 0 Å². The summed E-state index contributed by atoms with van der Waals surface area (Å²) in [5, 5.41) is 10.4. The predicted molar refractivity (Wildman–Crippen MR) is 79.9 cm³/mol. The molecule has 4 nitrogen and oxygen atoms in total. The normalized spacial score (nSPS) is 14.3. The van der Waals surface area contributed by atoms with E-state index in [2.05, 4.69) is 0 Å². The van der Waals surface area contributed by atoms with Crippen LogP contribution in [0.25, 0.3) is 0 Å². The maximum absolute atomic E-state index is 9.82. The Morgan fingerprint density at radius 1 is 1.42 bits per heavy atom. The number of rotatable bonds is 8. The number of benzene rings is 1. The summed E-state index contributed by atoms with van der Waals surface area (Å²) in [6.07, 6.45) is -0.565. The van der Waals surface area contributed by atoms with Crippen molar-refractivity contribution >= 4 is 29.1 Å². The fourth-order valence-electron chi connectivity index (χ4n) is 1.44. The van der Waals surface area contributed by atoms with Gasteiger partial charge in [0.05, 0.1) is 25.4 Å². The zero-order valence-corrected chi connectivity index (χ0v) is 12.7. The molecule has 1 aromatic rings. The molecule has 1 rings (SSSR count). The molecule has 0 bridgehead atoms. The minimum absolute atomic E-state index is 0.0229. The lowest BCUT2D eigenvalue weighted by atomic mass is 10.3. The van der Waals surface area contributed by atoms with Crippen molar-refractivity contribution in [1.29, 1.82) is 0 Å². The molecule has 108 valence electrons. The number of anilines is 1. The predicted octanol–water partition coefficient (Wildman–Crippen LogP) is 2.43. The first-order chi connectivity index (χ1) is 9.02. The van der Waals surface area contributed by atoms with E-state index in [4.69, 9.17) is 26.8 Å². The molecular formula is C13H20ClNO3S. The Balaban J connectivity index is 2.31. The molecule has 0 heterocycles. The fourth-order valence-corrected chi connectivity index (χ4v) is 2.48. The summed E-state index contributed by atoms with van der Waals surface area (Å²) in [6, 6.07) is 5.33. The van der Waals surface area contributed by atoms with Crippen LogP contribution in [0.2, 0.25) is 5.02 Å². The van der Waals surface area contributed by atoms with Gasteiger partial charge in [-0.3, -0.25) is 0 Å². The maximum Gasteiger partial charge on any atom is 0.0867 e. The van der Waals surface area contributed by atoms with E-state index in [0.717, 1.165) is 4.90 Å². The van der Waals surface area contributed by atoms with Crippen LogP contribution in [0, 0.1) is 0 Å². The number of ether oxygens (including phenoxy) is 2. The average Bonchev–Trinajstić information content (AvgIpc) is 2.35. The zero-order valence-electron chi connectivity index (χ0n) is 11.1. The monoisotopic (exact) mass is 305 g/mol. The number of hydrogen-bond donors (Lipinski definition) is 2. The van der Waals surface area contributed by atoms with E-state index in [9.17, 15) is 5.11 Å². The van der Waals surface area contributed by atoms with Crippen LogP contribution in [0.1, 0.15) is 6.92 Å². The van der Waals surface area contributed by atoms with Crippen LogP contribution in [0.5, 0.6) is 0 Å². The number of hydrogen-bond acceptors (Lipinski definition) is 5. The minimum atomic E-state index is -0.542. The summed E-state index contributed by atoms with van der Waals surface area (Å²) in [5.41, 5.74) is 6.46. The van der Waals surface area contributed by atoms with Gasteiger partial charge in [-0.2, -0.15) is 0 Å². The Labute approximate surface area is 123 Å². The largest absolute Gasteiger partial charge is 0.398 e. The van der Waals surface area contributed by atoms with Gasteiger partial charge in [0.25, 0.3) is 0 Å². The first-order valence-corrected chi connectivity index (χ1v) is 7.35. The second-order valence-electron chi connectivity index (χ2n) is 4.25. The highest BCUT2D eigenvalue weighted by Crippen LogP contribution is 2.28. The lowest BCUT2D eigenvalue weighted by Gasteiger charge is -2.16. The third-order valence-electron chi connectivity index (χ3n) is 2.38. The number of nitrogens with two attached hydrogens (primary N) is 1. The molecule has 19 heavy (non-hydrogen) atoms. The van der Waals surface area contributed by atoms with Gasteiger partial charge >= 0.3 is 0 Å². The summed E-state index contributed by atoms with van der Waals surface area (Å²) in [4.78, 5) is 0.911. The summed E-state index contributed by atoms with van der Waals surface area (Å²) in [6.45, 7) is 2.70. The minimum Gasteiger partial charge on any atom is -0.398 e.